The third-order valence-corrected chi connectivity index (χ3v) is 3.27. The SMILES string of the molecule is CC.CCC1CCCC(CC(C)C)C1. The zero-order valence-corrected chi connectivity index (χ0v) is 11.0. The van der Waals surface area contributed by atoms with Gasteiger partial charge in [-0.1, -0.05) is 60.3 Å². The second kappa shape index (κ2) is 8.32. The lowest BCUT2D eigenvalue weighted by atomic mass is 9.77. The average Bonchev–Trinajstić information content (AvgIpc) is 2.20. The van der Waals surface area contributed by atoms with E-state index < -0.39 is 0 Å². The standard InChI is InChI=1S/C12H24.C2H6/c1-4-11-6-5-7-12(9-11)8-10(2)3;1-2/h10-12H,4-9H2,1-3H3;1-2H3. The summed E-state index contributed by atoms with van der Waals surface area (Å²) in [5, 5.41) is 0. The normalized spacial score (nSPS) is 27.0. The van der Waals surface area contributed by atoms with Crippen molar-refractivity contribution in [1.29, 1.82) is 0 Å². The molecule has 1 rings (SSSR count). The van der Waals surface area contributed by atoms with Crippen LogP contribution in [-0.2, 0) is 0 Å². The van der Waals surface area contributed by atoms with E-state index in [0.717, 1.165) is 17.8 Å². The van der Waals surface area contributed by atoms with Gasteiger partial charge >= 0.3 is 0 Å². The van der Waals surface area contributed by atoms with Crippen LogP contribution in [-0.4, -0.2) is 0 Å². The Bertz CT molecular complexity index is 115. The maximum Gasteiger partial charge on any atom is -0.0409 e. The molecular weight excluding hydrogens is 168 g/mol. The van der Waals surface area contributed by atoms with Crippen molar-refractivity contribution in [2.75, 3.05) is 0 Å². The molecular formula is C14H30. The second-order valence-corrected chi connectivity index (χ2v) is 4.94. The molecule has 1 aliphatic rings. The first kappa shape index (κ1) is 14.0. The summed E-state index contributed by atoms with van der Waals surface area (Å²) in [6, 6.07) is 0. The van der Waals surface area contributed by atoms with E-state index in [4.69, 9.17) is 0 Å². The number of rotatable bonds is 3. The molecule has 0 heterocycles. The monoisotopic (exact) mass is 198 g/mol. The van der Waals surface area contributed by atoms with Crippen molar-refractivity contribution in [3.05, 3.63) is 0 Å². The molecule has 1 fully saturated rings. The van der Waals surface area contributed by atoms with Crippen LogP contribution >= 0.6 is 0 Å². The highest BCUT2D eigenvalue weighted by Crippen LogP contribution is 2.34. The average molecular weight is 198 g/mol. The second-order valence-electron chi connectivity index (χ2n) is 4.94. The third kappa shape index (κ3) is 5.67. The van der Waals surface area contributed by atoms with Crippen molar-refractivity contribution in [2.24, 2.45) is 17.8 Å². The predicted molar refractivity (Wildman–Crippen MR) is 66.5 cm³/mol. The Labute approximate surface area is 91.5 Å². The lowest BCUT2D eigenvalue weighted by molar-refractivity contribution is 0.231. The zero-order chi connectivity index (χ0) is 11.0. The zero-order valence-electron chi connectivity index (χ0n) is 11.0. The molecule has 0 aliphatic heterocycles. The quantitative estimate of drug-likeness (QED) is 0.579. The molecule has 86 valence electrons. The molecule has 0 aromatic rings. The lowest BCUT2D eigenvalue weighted by Crippen LogP contribution is -2.16. The van der Waals surface area contributed by atoms with E-state index in [9.17, 15) is 0 Å². The Balaban J connectivity index is 0.000000791. The molecule has 0 nitrogen and oxygen atoms in total. The van der Waals surface area contributed by atoms with Gasteiger partial charge in [0.1, 0.15) is 0 Å². The van der Waals surface area contributed by atoms with E-state index in [1.54, 1.807) is 0 Å². The number of hydrogen-bond acceptors (Lipinski definition) is 0. The Hall–Kier alpha value is 0. The minimum Gasteiger partial charge on any atom is -0.0683 e. The van der Waals surface area contributed by atoms with Gasteiger partial charge in [0.25, 0.3) is 0 Å². The fourth-order valence-electron chi connectivity index (χ4n) is 2.65. The fourth-order valence-corrected chi connectivity index (χ4v) is 2.65. The molecule has 0 bridgehead atoms. The van der Waals surface area contributed by atoms with E-state index >= 15 is 0 Å². The van der Waals surface area contributed by atoms with Crippen LogP contribution in [0.2, 0.25) is 0 Å². The van der Waals surface area contributed by atoms with Gasteiger partial charge in [-0.3, -0.25) is 0 Å². The van der Waals surface area contributed by atoms with E-state index in [0.29, 0.717) is 0 Å². The highest BCUT2D eigenvalue weighted by Gasteiger charge is 2.20. The van der Waals surface area contributed by atoms with Crippen LogP contribution in [0.3, 0.4) is 0 Å². The van der Waals surface area contributed by atoms with Crippen molar-refractivity contribution in [2.45, 2.75) is 73.1 Å². The van der Waals surface area contributed by atoms with Crippen LogP contribution in [0, 0.1) is 17.8 Å². The van der Waals surface area contributed by atoms with Gasteiger partial charge in [0, 0.05) is 0 Å². The molecule has 0 heteroatoms. The molecule has 0 radical (unpaired) electrons. The van der Waals surface area contributed by atoms with Gasteiger partial charge in [-0.05, 0) is 30.6 Å². The van der Waals surface area contributed by atoms with Crippen LogP contribution in [0.5, 0.6) is 0 Å². The van der Waals surface area contributed by atoms with Crippen LogP contribution < -0.4 is 0 Å². The molecule has 2 unspecified atom stereocenters. The maximum atomic E-state index is 2.36. The van der Waals surface area contributed by atoms with Crippen molar-refractivity contribution < 1.29 is 0 Å². The molecule has 1 aliphatic carbocycles. The maximum absolute atomic E-state index is 2.36. The Morgan fingerprint density at radius 1 is 1.07 bits per heavy atom. The summed E-state index contributed by atoms with van der Waals surface area (Å²) in [6.45, 7) is 11.1. The lowest BCUT2D eigenvalue weighted by Gasteiger charge is -2.29. The van der Waals surface area contributed by atoms with Gasteiger partial charge in [0.15, 0.2) is 0 Å². The minimum absolute atomic E-state index is 0.908. The summed E-state index contributed by atoms with van der Waals surface area (Å²) in [5.74, 6) is 3.02. The van der Waals surface area contributed by atoms with Gasteiger partial charge in [0.2, 0.25) is 0 Å². The predicted octanol–water partition coefficient (Wildman–Crippen LogP) is 5.28. The largest absolute Gasteiger partial charge is 0.0683 e. The molecule has 2 atom stereocenters. The number of hydrogen-bond donors (Lipinski definition) is 0. The van der Waals surface area contributed by atoms with E-state index in [-0.39, 0.29) is 0 Å². The molecule has 0 aromatic carbocycles. The highest BCUT2D eigenvalue weighted by molar-refractivity contribution is 4.73. The van der Waals surface area contributed by atoms with Crippen LogP contribution in [0.1, 0.15) is 73.1 Å². The van der Waals surface area contributed by atoms with Gasteiger partial charge in [-0.25, -0.2) is 0 Å². The van der Waals surface area contributed by atoms with Crippen molar-refractivity contribution in [3.63, 3.8) is 0 Å². The first-order valence-corrected chi connectivity index (χ1v) is 6.72. The van der Waals surface area contributed by atoms with Crippen molar-refractivity contribution in [1.82, 2.24) is 0 Å². The Kier molecular flexibility index (Phi) is 8.32. The molecule has 0 spiro atoms. The summed E-state index contributed by atoms with van der Waals surface area (Å²) >= 11 is 0. The third-order valence-electron chi connectivity index (χ3n) is 3.27. The molecule has 0 N–H and O–H groups in total. The van der Waals surface area contributed by atoms with Crippen LogP contribution in [0.25, 0.3) is 0 Å². The van der Waals surface area contributed by atoms with Gasteiger partial charge in [-0.15, -0.1) is 0 Å². The highest BCUT2D eigenvalue weighted by atomic mass is 14.3. The molecule has 14 heavy (non-hydrogen) atoms. The van der Waals surface area contributed by atoms with Crippen molar-refractivity contribution >= 4 is 0 Å². The molecule has 0 amide bonds. The first-order valence-electron chi connectivity index (χ1n) is 6.72. The topological polar surface area (TPSA) is 0 Å². The smallest absolute Gasteiger partial charge is 0.0409 e. The summed E-state index contributed by atoms with van der Waals surface area (Å²) in [5.41, 5.74) is 0. The molecule has 1 saturated carbocycles. The van der Waals surface area contributed by atoms with E-state index in [1.165, 1.54) is 38.5 Å². The van der Waals surface area contributed by atoms with Gasteiger partial charge in [-0.2, -0.15) is 0 Å². The Morgan fingerprint density at radius 3 is 2.14 bits per heavy atom. The van der Waals surface area contributed by atoms with Crippen molar-refractivity contribution in [3.8, 4) is 0 Å². The van der Waals surface area contributed by atoms with Gasteiger partial charge in [0.05, 0.1) is 0 Å². The summed E-state index contributed by atoms with van der Waals surface area (Å²) < 4.78 is 0. The van der Waals surface area contributed by atoms with E-state index in [2.05, 4.69) is 20.8 Å². The summed E-state index contributed by atoms with van der Waals surface area (Å²) in [6.07, 6.45) is 8.91. The van der Waals surface area contributed by atoms with E-state index in [1.807, 2.05) is 13.8 Å². The van der Waals surface area contributed by atoms with Crippen LogP contribution in [0.4, 0.5) is 0 Å². The Morgan fingerprint density at radius 2 is 1.64 bits per heavy atom. The minimum atomic E-state index is 0.908. The fraction of sp³-hybridized carbons (Fsp3) is 1.00. The first-order chi connectivity index (χ1) is 6.72. The van der Waals surface area contributed by atoms with Gasteiger partial charge < -0.3 is 0 Å². The molecule has 0 saturated heterocycles. The van der Waals surface area contributed by atoms with Crippen LogP contribution in [0.15, 0.2) is 0 Å². The summed E-state index contributed by atoms with van der Waals surface area (Å²) in [4.78, 5) is 0. The summed E-state index contributed by atoms with van der Waals surface area (Å²) in [7, 11) is 0. The molecule has 0 aromatic heterocycles.